The number of rotatable bonds is 3. The van der Waals surface area contributed by atoms with E-state index in [2.05, 4.69) is 17.1 Å². The molecule has 2 saturated heterocycles. The van der Waals surface area contributed by atoms with Gasteiger partial charge in [0, 0.05) is 55.5 Å². The van der Waals surface area contributed by atoms with Crippen LogP contribution >= 0.6 is 11.6 Å². The number of nitrogens with one attached hydrogen (secondary N) is 1. The van der Waals surface area contributed by atoms with E-state index >= 15 is 0 Å². The molecule has 2 fully saturated rings. The van der Waals surface area contributed by atoms with Crippen molar-refractivity contribution in [1.29, 1.82) is 0 Å². The summed E-state index contributed by atoms with van der Waals surface area (Å²) in [4.78, 5) is 31.1. The molecular formula is C23H27ClN4O2. The van der Waals surface area contributed by atoms with Crippen molar-refractivity contribution in [2.24, 2.45) is 0 Å². The predicted molar refractivity (Wildman–Crippen MR) is 120 cm³/mol. The van der Waals surface area contributed by atoms with Gasteiger partial charge in [-0.1, -0.05) is 23.7 Å². The standard InChI is InChI=1S/C23H27ClN4O2/c1-16-6-7-21(12-17(16)2)28-15-19(14-22(28)29)25-23(30)27-10-8-26(9-11-27)20-5-3-4-18(24)13-20/h3-7,12-13,19H,8-11,14-15H2,1-2H3,(H,25,30)/t19-/m1/s1. The molecule has 30 heavy (non-hydrogen) atoms. The van der Waals surface area contributed by atoms with Crippen LogP contribution in [0.25, 0.3) is 0 Å². The summed E-state index contributed by atoms with van der Waals surface area (Å²) in [5.41, 5.74) is 4.33. The van der Waals surface area contributed by atoms with Crippen LogP contribution < -0.4 is 15.1 Å². The Labute approximate surface area is 182 Å². The molecule has 0 saturated carbocycles. The van der Waals surface area contributed by atoms with E-state index in [-0.39, 0.29) is 18.0 Å². The van der Waals surface area contributed by atoms with E-state index in [1.807, 2.05) is 54.3 Å². The number of aryl methyl sites for hydroxylation is 2. The third-order valence-corrected chi connectivity index (χ3v) is 6.23. The second-order valence-electron chi connectivity index (χ2n) is 8.08. The zero-order chi connectivity index (χ0) is 21.3. The number of carbonyl (C=O) groups is 2. The van der Waals surface area contributed by atoms with Crippen LogP contribution in [0.15, 0.2) is 42.5 Å². The van der Waals surface area contributed by atoms with Crippen molar-refractivity contribution in [2.75, 3.05) is 42.5 Å². The lowest BCUT2D eigenvalue weighted by atomic mass is 10.1. The minimum absolute atomic E-state index is 0.0503. The first-order valence-electron chi connectivity index (χ1n) is 10.3. The van der Waals surface area contributed by atoms with Crippen molar-refractivity contribution in [1.82, 2.24) is 10.2 Å². The highest BCUT2D eigenvalue weighted by Crippen LogP contribution is 2.24. The topological polar surface area (TPSA) is 55.9 Å². The number of hydrogen-bond acceptors (Lipinski definition) is 3. The van der Waals surface area contributed by atoms with Crippen LogP contribution in [0.3, 0.4) is 0 Å². The Morgan fingerprint density at radius 3 is 2.47 bits per heavy atom. The van der Waals surface area contributed by atoms with Crippen molar-refractivity contribution < 1.29 is 9.59 Å². The molecule has 0 spiro atoms. The average Bonchev–Trinajstić information content (AvgIpc) is 3.10. The van der Waals surface area contributed by atoms with Gasteiger partial charge in [-0.05, 0) is 55.3 Å². The quantitative estimate of drug-likeness (QED) is 0.815. The molecule has 7 heteroatoms. The summed E-state index contributed by atoms with van der Waals surface area (Å²) in [6, 6.07) is 13.6. The molecule has 0 bridgehead atoms. The molecule has 2 aliphatic rings. The molecule has 6 nitrogen and oxygen atoms in total. The molecule has 0 radical (unpaired) electrons. The normalized spacial score (nSPS) is 19.4. The van der Waals surface area contributed by atoms with Crippen molar-refractivity contribution in [2.45, 2.75) is 26.3 Å². The number of benzene rings is 2. The highest BCUT2D eigenvalue weighted by Gasteiger charge is 2.33. The Morgan fingerprint density at radius 2 is 1.77 bits per heavy atom. The summed E-state index contributed by atoms with van der Waals surface area (Å²) in [6.45, 7) is 7.40. The van der Waals surface area contributed by atoms with Crippen molar-refractivity contribution in [3.63, 3.8) is 0 Å². The van der Waals surface area contributed by atoms with E-state index in [0.29, 0.717) is 31.1 Å². The lowest BCUT2D eigenvalue weighted by Crippen LogP contribution is -2.53. The SMILES string of the molecule is Cc1ccc(N2C[C@H](NC(=O)N3CCN(c4cccc(Cl)c4)CC3)CC2=O)cc1C. The van der Waals surface area contributed by atoms with Crippen molar-refractivity contribution >= 4 is 34.9 Å². The highest BCUT2D eigenvalue weighted by molar-refractivity contribution is 6.30. The van der Waals surface area contributed by atoms with Gasteiger partial charge in [-0.2, -0.15) is 0 Å². The summed E-state index contributed by atoms with van der Waals surface area (Å²) in [6.07, 6.45) is 0.334. The molecular weight excluding hydrogens is 400 g/mol. The van der Waals surface area contributed by atoms with Crippen LogP contribution in [0.5, 0.6) is 0 Å². The Balaban J connectivity index is 1.31. The lowest BCUT2D eigenvalue weighted by Gasteiger charge is -2.36. The Bertz CT molecular complexity index is 956. The summed E-state index contributed by atoms with van der Waals surface area (Å²) >= 11 is 6.09. The van der Waals surface area contributed by atoms with Crippen molar-refractivity contribution in [3.05, 3.63) is 58.6 Å². The summed E-state index contributed by atoms with van der Waals surface area (Å²) in [5, 5.41) is 3.77. The largest absolute Gasteiger partial charge is 0.368 e. The Kier molecular flexibility index (Phi) is 5.86. The number of piperazine rings is 1. The van der Waals surface area contributed by atoms with Gasteiger partial charge in [0.1, 0.15) is 0 Å². The zero-order valence-electron chi connectivity index (χ0n) is 17.4. The second kappa shape index (κ2) is 8.56. The van der Waals surface area contributed by atoms with Crippen molar-refractivity contribution in [3.8, 4) is 0 Å². The van der Waals surface area contributed by atoms with Gasteiger partial charge in [0.15, 0.2) is 0 Å². The average molecular weight is 427 g/mol. The van der Waals surface area contributed by atoms with Crippen LogP contribution in [0, 0.1) is 13.8 Å². The predicted octanol–water partition coefficient (Wildman–Crippen LogP) is 3.59. The molecule has 2 aromatic carbocycles. The first kappa shape index (κ1) is 20.5. The van der Waals surface area contributed by atoms with E-state index in [0.717, 1.165) is 30.0 Å². The Morgan fingerprint density at radius 1 is 1.00 bits per heavy atom. The molecule has 2 heterocycles. The molecule has 3 amide bonds. The highest BCUT2D eigenvalue weighted by atomic mass is 35.5. The zero-order valence-corrected chi connectivity index (χ0v) is 18.2. The van der Waals surface area contributed by atoms with Gasteiger partial charge >= 0.3 is 6.03 Å². The number of hydrogen-bond donors (Lipinski definition) is 1. The van der Waals surface area contributed by atoms with Crippen LogP contribution in [-0.2, 0) is 4.79 Å². The lowest BCUT2D eigenvalue weighted by molar-refractivity contribution is -0.117. The van der Waals surface area contributed by atoms with Crippen LogP contribution in [0.1, 0.15) is 17.5 Å². The smallest absolute Gasteiger partial charge is 0.317 e. The molecule has 0 aromatic heterocycles. The minimum Gasteiger partial charge on any atom is -0.368 e. The number of carbonyl (C=O) groups excluding carboxylic acids is 2. The summed E-state index contributed by atoms with van der Waals surface area (Å²) < 4.78 is 0. The molecule has 158 valence electrons. The van der Waals surface area contributed by atoms with Gasteiger partial charge in [-0.15, -0.1) is 0 Å². The second-order valence-corrected chi connectivity index (χ2v) is 8.51. The molecule has 2 aromatic rings. The number of anilines is 2. The summed E-state index contributed by atoms with van der Waals surface area (Å²) in [7, 11) is 0. The van der Waals surface area contributed by atoms with E-state index in [9.17, 15) is 9.59 Å². The fourth-order valence-electron chi connectivity index (χ4n) is 4.05. The van der Waals surface area contributed by atoms with E-state index in [1.165, 1.54) is 5.56 Å². The minimum atomic E-state index is -0.169. The fraction of sp³-hybridized carbons (Fsp3) is 0.391. The number of halogens is 1. The number of amides is 3. The van der Waals surface area contributed by atoms with Gasteiger partial charge in [0.2, 0.25) is 5.91 Å². The molecule has 1 atom stereocenters. The van der Waals surface area contributed by atoms with Crippen LogP contribution in [-0.4, -0.2) is 55.6 Å². The molecule has 0 unspecified atom stereocenters. The van der Waals surface area contributed by atoms with Crippen LogP contribution in [0.4, 0.5) is 16.2 Å². The van der Waals surface area contributed by atoms with Gasteiger partial charge < -0.3 is 20.0 Å². The monoisotopic (exact) mass is 426 g/mol. The maximum Gasteiger partial charge on any atom is 0.317 e. The molecule has 1 N–H and O–H groups in total. The first-order chi connectivity index (χ1) is 14.4. The van der Waals surface area contributed by atoms with E-state index < -0.39 is 0 Å². The first-order valence-corrected chi connectivity index (χ1v) is 10.7. The van der Waals surface area contributed by atoms with Gasteiger partial charge in [-0.3, -0.25) is 4.79 Å². The van der Waals surface area contributed by atoms with E-state index in [1.54, 1.807) is 4.90 Å². The third kappa shape index (κ3) is 4.38. The van der Waals surface area contributed by atoms with Gasteiger partial charge in [-0.25, -0.2) is 4.79 Å². The molecule has 2 aliphatic heterocycles. The van der Waals surface area contributed by atoms with Gasteiger partial charge in [0.05, 0.1) is 6.04 Å². The number of nitrogens with zero attached hydrogens (tertiary/aromatic N) is 3. The maximum atomic E-state index is 12.7. The third-order valence-electron chi connectivity index (χ3n) is 6.00. The van der Waals surface area contributed by atoms with Gasteiger partial charge in [0.25, 0.3) is 0 Å². The molecule has 0 aliphatic carbocycles. The fourth-order valence-corrected chi connectivity index (χ4v) is 4.24. The summed E-state index contributed by atoms with van der Waals surface area (Å²) in [5.74, 6) is 0.0503. The van der Waals surface area contributed by atoms with Crippen LogP contribution in [0.2, 0.25) is 5.02 Å². The maximum absolute atomic E-state index is 12.7. The molecule has 4 rings (SSSR count). The van der Waals surface area contributed by atoms with E-state index in [4.69, 9.17) is 11.6 Å². The number of urea groups is 1. The Hall–Kier alpha value is -2.73.